The number of benzene rings is 2. The van der Waals surface area contributed by atoms with Crippen molar-refractivity contribution < 1.29 is 34.3 Å². The number of rotatable bonds is 13. The summed E-state index contributed by atoms with van der Waals surface area (Å²) in [6, 6.07) is 10.5. The molecule has 3 rings (SSSR count). The fourth-order valence-corrected chi connectivity index (χ4v) is 5.40. The molecular formula is C26H37NO7P+. The van der Waals surface area contributed by atoms with Crippen LogP contribution >= 0.6 is 8.03 Å². The molecule has 0 heterocycles. The van der Waals surface area contributed by atoms with Crippen LogP contribution in [0.3, 0.4) is 0 Å². The van der Waals surface area contributed by atoms with Gasteiger partial charge in [0.25, 0.3) is 5.16 Å². The fourth-order valence-electron chi connectivity index (χ4n) is 4.49. The maximum absolute atomic E-state index is 12.2. The van der Waals surface area contributed by atoms with Crippen LogP contribution in [0.15, 0.2) is 36.4 Å². The van der Waals surface area contributed by atoms with Gasteiger partial charge < -0.3 is 30.1 Å². The van der Waals surface area contributed by atoms with Gasteiger partial charge in [-0.2, -0.15) is 4.89 Å². The Balaban J connectivity index is 1.59. The summed E-state index contributed by atoms with van der Waals surface area (Å²) < 4.78 is 24.0. The van der Waals surface area contributed by atoms with Crippen molar-refractivity contribution in [3.8, 4) is 17.2 Å². The van der Waals surface area contributed by atoms with Gasteiger partial charge >= 0.3 is 8.03 Å². The number of hydrogen-bond donors (Lipinski definition) is 5. The Kier molecular flexibility index (Phi) is 10.2. The molecule has 0 aromatic heterocycles. The number of phenols is 1. The predicted octanol–water partition coefficient (Wildman–Crippen LogP) is 4.51. The van der Waals surface area contributed by atoms with Crippen LogP contribution < -0.4 is 14.8 Å². The van der Waals surface area contributed by atoms with E-state index in [1.165, 1.54) is 6.07 Å². The molecule has 1 aliphatic rings. The minimum absolute atomic E-state index is 0.0103. The summed E-state index contributed by atoms with van der Waals surface area (Å²) in [5, 5.41) is 31.7. The Labute approximate surface area is 207 Å². The molecule has 2 aromatic carbocycles. The molecule has 1 saturated carbocycles. The SMILES string of the molecule is CCCc1c(NCCCOc2ccc(O)c(CO)c2)cccc1OCC1([P+](=O)O)CCCCC1O. The van der Waals surface area contributed by atoms with Gasteiger partial charge in [-0.1, -0.05) is 25.8 Å². The summed E-state index contributed by atoms with van der Waals surface area (Å²) in [6.07, 6.45) is 4.23. The lowest BCUT2D eigenvalue weighted by atomic mass is 9.86. The van der Waals surface area contributed by atoms with Crippen molar-refractivity contribution in [1.82, 2.24) is 0 Å². The van der Waals surface area contributed by atoms with E-state index < -0.39 is 19.3 Å². The molecule has 0 aliphatic heterocycles. The van der Waals surface area contributed by atoms with Crippen LogP contribution in [0.4, 0.5) is 5.69 Å². The molecule has 3 unspecified atom stereocenters. The average Bonchev–Trinajstić information content (AvgIpc) is 2.85. The second-order valence-corrected chi connectivity index (χ2v) is 10.5. The number of nitrogens with one attached hydrogen (secondary N) is 1. The number of hydrogen-bond acceptors (Lipinski definition) is 7. The first kappa shape index (κ1) is 27.2. The van der Waals surface area contributed by atoms with Gasteiger partial charge in [-0.05, 0) is 60.6 Å². The summed E-state index contributed by atoms with van der Waals surface area (Å²) in [7, 11) is -2.58. The van der Waals surface area contributed by atoms with Crippen LogP contribution in [0.5, 0.6) is 17.2 Å². The molecule has 0 radical (unpaired) electrons. The maximum Gasteiger partial charge on any atom is 0.518 e. The van der Waals surface area contributed by atoms with Gasteiger partial charge in [0.2, 0.25) is 0 Å². The van der Waals surface area contributed by atoms with Gasteiger partial charge in [0.1, 0.15) is 30.0 Å². The van der Waals surface area contributed by atoms with Crippen molar-refractivity contribution >= 4 is 13.7 Å². The highest BCUT2D eigenvalue weighted by Gasteiger charge is 2.57. The highest BCUT2D eigenvalue weighted by Crippen LogP contribution is 2.47. The molecule has 2 aromatic rings. The summed E-state index contributed by atoms with van der Waals surface area (Å²) in [5.74, 6) is 1.31. The van der Waals surface area contributed by atoms with Crippen molar-refractivity contribution in [1.29, 1.82) is 0 Å². The first-order chi connectivity index (χ1) is 16.9. The monoisotopic (exact) mass is 506 g/mol. The largest absolute Gasteiger partial charge is 0.518 e. The van der Waals surface area contributed by atoms with Crippen molar-refractivity contribution in [2.75, 3.05) is 25.1 Å². The molecule has 5 N–H and O–H groups in total. The molecule has 9 heteroatoms. The van der Waals surface area contributed by atoms with Gasteiger partial charge in [0.15, 0.2) is 0 Å². The molecule has 0 amide bonds. The zero-order valence-electron chi connectivity index (χ0n) is 20.3. The molecule has 1 aliphatic carbocycles. The van der Waals surface area contributed by atoms with Crippen LogP contribution in [0.1, 0.15) is 56.6 Å². The third-order valence-corrected chi connectivity index (χ3v) is 7.99. The number of ether oxygens (including phenoxy) is 2. The summed E-state index contributed by atoms with van der Waals surface area (Å²) in [5.41, 5.74) is 2.38. The third-order valence-electron chi connectivity index (χ3n) is 6.58. The first-order valence-corrected chi connectivity index (χ1v) is 13.5. The topological polar surface area (TPSA) is 128 Å². The lowest BCUT2D eigenvalue weighted by Gasteiger charge is -2.31. The number of aromatic hydroxyl groups is 1. The molecule has 3 atom stereocenters. The van der Waals surface area contributed by atoms with Crippen LogP contribution in [-0.4, -0.2) is 51.2 Å². The van der Waals surface area contributed by atoms with Crippen LogP contribution in [0.25, 0.3) is 0 Å². The smallest absolute Gasteiger partial charge is 0.508 e. The Morgan fingerprint density at radius 3 is 2.74 bits per heavy atom. The minimum atomic E-state index is -2.58. The fraction of sp³-hybridized carbons (Fsp3) is 0.538. The maximum atomic E-state index is 12.2. The minimum Gasteiger partial charge on any atom is -0.508 e. The summed E-state index contributed by atoms with van der Waals surface area (Å²) in [6.45, 7) is 2.97. The average molecular weight is 507 g/mol. The Morgan fingerprint density at radius 1 is 1.20 bits per heavy atom. The van der Waals surface area contributed by atoms with Crippen molar-refractivity contribution in [2.45, 2.75) is 69.7 Å². The number of aliphatic hydroxyl groups excluding tert-OH is 2. The Hall–Kier alpha value is -2.38. The quantitative estimate of drug-likeness (QED) is 0.198. The third kappa shape index (κ3) is 6.85. The molecule has 192 valence electrons. The predicted molar refractivity (Wildman–Crippen MR) is 136 cm³/mol. The second kappa shape index (κ2) is 13.1. The lowest BCUT2D eigenvalue weighted by Crippen LogP contribution is -2.46. The standard InChI is InChI=1S/C26H36NO7P/c1-2-7-21-22(27-14-6-15-33-20-11-12-23(29)19(16-20)17-28)8-5-9-24(21)34-18-26(35(31)32)13-4-3-10-25(26)30/h5,8-9,11-12,16,25,27-28,30H,2-4,6-7,10,13-15,17-18H2,1H3,(H-,29,31,32)/p+1. The van der Waals surface area contributed by atoms with Crippen molar-refractivity contribution in [2.24, 2.45) is 0 Å². The van der Waals surface area contributed by atoms with Gasteiger partial charge in [0, 0.05) is 29.8 Å². The van der Waals surface area contributed by atoms with E-state index >= 15 is 0 Å². The highest BCUT2D eigenvalue weighted by atomic mass is 31.1. The Morgan fingerprint density at radius 2 is 2.03 bits per heavy atom. The van der Waals surface area contributed by atoms with E-state index in [0.717, 1.165) is 43.4 Å². The van der Waals surface area contributed by atoms with Gasteiger partial charge in [-0.25, -0.2) is 0 Å². The Bertz CT molecular complexity index is 986. The second-order valence-electron chi connectivity index (χ2n) is 9.04. The summed E-state index contributed by atoms with van der Waals surface area (Å²) >= 11 is 0. The molecule has 1 fully saturated rings. The van der Waals surface area contributed by atoms with Gasteiger partial charge in [-0.15, -0.1) is 0 Å². The lowest BCUT2D eigenvalue weighted by molar-refractivity contribution is 0.0547. The van der Waals surface area contributed by atoms with E-state index in [1.807, 2.05) is 18.2 Å². The molecular weight excluding hydrogens is 469 g/mol. The summed E-state index contributed by atoms with van der Waals surface area (Å²) in [4.78, 5) is 10.0. The molecule has 0 bridgehead atoms. The van der Waals surface area contributed by atoms with E-state index in [9.17, 15) is 24.8 Å². The zero-order valence-corrected chi connectivity index (χ0v) is 21.2. The van der Waals surface area contributed by atoms with Gasteiger partial charge in [0.05, 0.1) is 13.2 Å². The zero-order chi connectivity index (χ0) is 25.3. The van der Waals surface area contributed by atoms with Crippen LogP contribution in [-0.2, 0) is 17.6 Å². The van der Waals surface area contributed by atoms with E-state index in [1.54, 1.807) is 12.1 Å². The van der Waals surface area contributed by atoms with E-state index in [0.29, 0.717) is 43.1 Å². The highest BCUT2D eigenvalue weighted by molar-refractivity contribution is 7.40. The van der Waals surface area contributed by atoms with Crippen LogP contribution in [0.2, 0.25) is 0 Å². The van der Waals surface area contributed by atoms with Crippen molar-refractivity contribution in [3.63, 3.8) is 0 Å². The molecule has 0 spiro atoms. The number of anilines is 1. The van der Waals surface area contributed by atoms with Crippen molar-refractivity contribution in [3.05, 3.63) is 47.5 Å². The van der Waals surface area contributed by atoms with E-state index in [-0.39, 0.29) is 19.0 Å². The molecule has 0 saturated heterocycles. The van der Waals surface area contributed by atoms with Crippen LogP contribution in [0, 0.1) is 0 Å². The molecule has 8 nitrogen and oxygen atoms in total. The number of aliphatic hydroxyl groups is 2. The van der Waals surface area contributed by atoms with E-state index in [2.05, 4.69) is 12.2 Å². The molecule has 35 heavy (non-hydrogen) atoms. The van der Waals surface area contributed by atoms with Gasteiger partial charge in [-0.3, -0.25) is 0 Å². The normalized spacial score (nSPS) is 20.3. The first-order valence-electron chi connectivity index (χ1n) is 12.3. The van der Waals surface area contributed by atoms with E-state index in [4.69, 9.17) is 9.47 Å².